The van der Waals surface area contributed by atoms with E-state index in [1.807, 2.05) is 0 Å². The molecule has 1 N–H and O–H groups in total. The van der Waals surface area contributed by atoms with Gasteiger partial charge in [-0.15, -0.1) is 0 Å². The lowest BCUT2D eigenvalue weighted by atomic mass is 9.78. The molecule has 1 heteroatoms. The van der Waals surface area contributed by atoms with Crippen LogP contribution in [-0.4, -0.2) is 13.1 Å². The van der Waals surface area contributed by atoms with Gasteiger partial charge in [-0.1, -0.05) is 57.6 Å². The van der Waals surface area contributed by atoms with E-state index in [1.54, 1.807) is 5.57 Å². The van der Waals surface area contributed by atoms with Crippen molar-refractivity contribution in [2.75, 3.05) is 13.1 Å². The van der Waals surface area contributed by atoms with Gasteiger partial charge in [0.1, 0.15) is 0 Å². The Kier molecular flexibility index (Phi) is 7.13. The van der Waals surface area contributed by atoms with Crippen LogP contribution in [0.1, 0.15) is 78.1 Å². The highest BCUT2D eigenvalue weighted by Gasteiger charge is 2.21. The molecule has 0 heterocycles. The van der Waals surface area contributed by atoms with Gasteiger partial charge in [0.15, 0.2) is 0 Å². The van der Waals surface area contributed by atoms with E-state index in [0.29, 0.717) is 0 Å². The fourth-order valence-electron chi connectivity index (χ4n) is 4.16. The molecule has 0 bridgehead atoms. The Bertz CT molecular complexity index is 288. The van der Waals surface area contributed by atoms with Crippen LogP contribution in [0.15, 0.2) is 11.6 Å². The maximum atomic E-state index is 3.66. The lowest BCUT2D eigenvalue weighted by molar-refractivity contribution is 0.319. The van der Waals surface area contributed by atoms with Crippen LogP contribution in [0.25, 0.3) is 0 Å². The summed E-state index contributed by atoms with van der Waals surface area (Å²) in [6.45, 7) is 7.03. The van der Waals surface area contributed by atoms with Crippen molar-refractivity contribution in [3.63, 3.8) is 0 Å². The van der Waals surface area contributed by atoms with Crippen LogP contribution in [0, 0.1) is 17.8 Å². The first-order valence-electron chi connectivity index (χ1n) is 9.21. The summed E-state index contributed by atoms with van der Waals surface area (Å²) < 4.78 is 0. The summed E-state index contributed by atoms with van der Waals surface area (Å²) in [5.74, 6) is 2.71. The second kappa shape index (κ2) is 8.87. The number of rotatable bonds is 6. The van der Waals surface area contributed by atoms with E-state index >= 15 is 0 Å². The second-order valence-electron chi connectivity index (χ2n) is 7.29. The average Bonchev–Trinajstić information content (AvgIpc) is 2.47. The highest BCUT2D eigenvalue weighted by Crippen LogP contribution is 2.34. The first-order chi connectivity index (χ1) is 9.79. The molecule has 0 aromatic carbocycles. The highest BCUT2D eigenvalue weighted by molar-refractivity contribution is 5.12. The van der Waals surface area contributed by atoms with E-state index in [1.165, 1.54) is 70.8 Å². The fourth-order valence-corrected chi connectivity index (χ4v) is 4.16. The molecule has 2 fully saturated rings. The number of allylic oxidation sites excluding steroid dienone is 1. The summed E-state index contributed by atoms with van der Waals surface area (Å²) in [4.78, 5) is 0. The molecule has 0 aromatic rings. The minimum Gasteiger partial charge on any atom is -0.313 e. The van der Waals surface area contributed by atoms with E-state index < -0.39 is 0 Å². The van der Waals surface area contributed by atoms with Crippen LogP contribution < -0.4 is 5.32 Å². The van der Waals surface area contributed by atoms with E-state index in [2.05, 4.69) is 25.2 Å². The van der Waals surface area contributed by atoms with E-state index in [4.69, 9.17) is 0 Å². The van der Waals surface area contributed by atoms with Crippen LogP contribution in [0.3, 0.4) is 0 Å². The Morgan fingerprint density at radius 2 is 1.85 bits per heavy atom. The number of hydrogen-bond donors (Lipinski definition) is 1. The molecule has 0 saturated heterocycles. The van der Waals surface area contributed by atoms with E-state index in [-0.39, 0.29) is 0 Å². The van der Waals surface area contributed by atoms with Gasteiger partial charge in [0.05, 0.1) is 0 Å². The van der Waals surface area contributed by atoms with Crippen molar-refractivity contribution in [2.45, 2.75) is 78.1 Å². The third kappa shape index (κ3) is 5.24. The molecule has 0 amide bonds. The summed E-state index contributed by atoms with van der Waals surface area (Å²) in [6, 6.07) is 0. The topological polar surface area (TPSA) is 12.0 Å². The van der Waals surface area contributed by atoms with Gasteiger partial charge < -0.3 is 5.32 Å². The lowest BCUT2D eigenvalue weighted by Gasteiger charge is -2.29. The first-order valence-corrected chi connectivity index (χ1v) is 9.21. The molecule has 2 aliphatic carbocycles. The zero-order chi connectivity index (χ0) is 14.2. The Morgan fingerprint density at radius 1 is 1.05 bits per heavy atom. The molecular formula is C19H35N. The van der Waals surface area contributed by atoms with Gasteiger partial charge in [-0.25, -0.2) is 0 Å². The fraction of sp³-hybridized carbons (Fsp3) is 0.895. The average molecular weight is 277 g/mol. The summed E-state index contributed by atoms with van der Waals surface area (Å²) in [5, 5.41) is 3.66. The van der Waals surface area contributed by atoms with Crippen LogP contribution in [0.5, 0.6) is 0 Å². The minimum absolute atomic E-state index is 0.874. The van der Waals surface area contributed by atoms with Gasteiger partial charge in [0.2, 0.25) is 0 Å². The van der Waals surface area contributed by atoms with Crippen molar-refractivity contribution in [1.82, 2.24) is 5.32 Å². The monoisotopic (exact) mass is 277 g/mol. The summed E-state index contributed by atoms with van der Waals surface area (Å²) >= 11 is 0. The van der Waals surface area contributed by atoms with Crippen molar-refractivity contribution < 1.29 is 0 Å². The molecule has 0 spiro atoms. The summed E-state index contributed by atoms with van der Waals surface area (Å²) in [6.07, 6.45) is 17.0. The smallest absolute Gasteiger partial charge is 0.0167 e. The van der Waals surface area contributed by atoms with Crippen molar-refractivity contribution in [3.8, 4) is 0 Å². The van der Waals surface area contributed by atoms with Crippen molar-refractivity contribution >= 4 is 0 Å². The van der Waals surface area contributed by atoms with E-state index in [0.717, 1.165) is 24.3 Å². The molecule has 2 saturated carbocycles. The number of nitrogens with one attached hydrogen (secondary N) is 1. The molecular weight excluding hydrogens is 242 g/mol. The third-order valence-corrected chi connectivity index (χ3v) is 5.31. The Labute approximate surface area is 126 Å². The van der Waals surface area contributed by atoms with Crippen LogP contribution in [0.4, 0.5) is 0 Å². The Hall–Kier alpha value is -0.300. The van der Waals surface area contributed by atoms with Crippen molar-refractivity contribution in [1.29, 1.82) is 0 Å². The van der Waals surface area contributed by atoms with Crippen molar-refractivity contribution in [2.24, 2.45) is 17.8 Å². The molecule has 0 aliphatic heterocycles. The highest BCUT2D eigenvalue weighted by atomic mass is 14.8. The van der Waals surface area contributed by atoms with Crippen LogP contribution in [0.2, 0.25) is 0 Å². The van der Waals surface area contributed by atoms with Gasteiger partial charge >= 0.3 is 0 Å². The quantitative estimate of drug-likeness (QED) is 0.512. The normalized spacial score (nSPS) is 29.6. The van der Waals surface area contributed by atoms with E-state index in [9.17, 15) is 0 Å². The standard InChI is InChI=1S/C19H35N/c1-3-12-20-15-19(18-10-5-4-6-11-18)14-17-9-7-8-16(2)13-17/h14,16-18,20H,3-13,15H2,1-2H3. The molecule has 0 aromatic heterocycles. The number of hydrogen-bond acceptors (Lipinski definition) is 1. The summed E-state index contributed by atoms with van der Waals surface area (Å²) in [7, 11) is 0. The van der Waals surface area contributed by atoms with Crippen LogP contribution in [-0.2, 0) is 0 Å². The predicted molar refractivity (Wildman–Crippen MR) is 88.9 cm³/mol. The molecule has 2 rings (SSSR count). The zero-order valence-corrected chi connectivity index (χ0v) is 13.8. The zero-order valence-electron chi connectivity index (χ0n) is 13.8. The van der Waals surface area contributed by atoms with Gasteiger partial charge in [-0.3, -0.25) is 0 Å². The maximum absolute atomic E-state index is 3.66. The second-order valence-corrected chi connectivity index (χ2v) is 7.29. The van der Waals surface area contributed by atoms with Gasteiger partial charge in [-0.2, -0.15) is 0 Å². The molecule has 2 unspecified atom stereocenters. The molecule has 0 radical (unpaired) electrons. The lowest BCUT2D eigenvalue weighted by Crippen LogP contribution is -2.24. The van der Waals surface area contributed by atoms with Crippen LogP contribution >= 0.6 is 0 Å². The van der Waals surface area contributed by atoms with Gasteiger partial charge in [0, 0.05) is 6.54 Å². The SMILES string of the molecule is CCCNCC(=CC1CCCC(C)C1)C1CCCCC1. The first kappa shape index (κ1) is 16.1. The summed E-state index contributed by atoms with van der Waals surface area (Å²) in [5.41, 5.74) is 1.76. The Balaban J connectivity index is 1.95. The molecule has 1 nitrogen and oxygen atoms in total. The third-order valence-electron chi connectivity index (χ3n) is 5.31. The minimum atomic E-state index is 0.874. The Morgan fingerprint density at radius 3 is 2.55 bits per heavy atom. The van der Waals surface area contributed by atoms with Gasteiger partial charge in [-0.05, 0) is 56.4 Å². The molecule has 20 heavy (non-hydrogen) atoms. The van der Waals surface area contributed by atoms with Crippen molar-refractivity contribution in [3.05, 3.63) is 11.6 Å². The van der Waals surface area contributed by atoms with Gasteiger partial charge in [0.25, 0.3) is 0 Å². The molecule has 2 atom stereocenters. The maximum Gasteiger partial charge on any atom is 0.0167 e. The largest absolute Gasteiger partial charge is 0.313 e. The predicted octanol–water partition coefficient (Wildman–Crippen LogP) is 5.32. The molecule has 116 valence electrons. The molecule has 2 aliphatic rings.